The lowest BCUT2D eigenvalue weighted by atomic mass is 10.0. The van der Waals surface area contributed by atoms with Gasteiger partial charge in [-0.2, -0.15) is 13.2 Å². The second kappa shape index (κ2) is 8.63. The zero-order chi connectivity index (χ0) is 21.0. The molecule has 8 heteroatoms. The summed E-state index contributed by atoms with van der Waals surface area (Å²) in [5, 5.41) is 3.98. The molecule has 1 aliphatic heterocycles. The van der Waals surface area contributed by atoms with Crippen LogP contribution in [0.1, 0.15) is 36.5 Å². The summed E-state index contributed by atoms with van der Waals surface area (Å²) in [6, 6.07) is 10.9. The fourth-order valence-electron chi connectivity index (χ4n) is 3.16. The van der Waals surface area contributed by atoms with Crippen LogP contribution in [0, 0.1) is 5.82 Å². The van der Waals surface area contributed by atoms with Gasteiger partial charge < -0.3 is 9.74 Å². The Morgan fingerprint density at radius 2 is 1.97 bits per heavy atom. The van der Waals surface area contributed by atoms with E-state index in [1.54, 1.807) is 25.1 Å². The first-order chi connectivity index (χ1) is 13.8. The third-order valence-electron chi connectivity index (χ3n) is 4.60. The molecule has 2 aromatic rings. The summed E-state index contributed by atoms with van der Waals surface area (Å²) < 4.78 is 52.3. The van der Waals surface area contributed by atoms with E-state index in [1.165, 1.54) is 23.1 Å². The number of oxime groups is 1. The number of rotatable bonds is 6. The third-order valence-corrected chi connectivity index (χ3v) is 4.60. The number of halogens is 4. The summed E-state index contributed by atoms with van der Waals surface area (Å²) in [7, 11) is 0. The first-order valence-corrected chi connectivity index (χ1v) is 9.18. The summed E-state index contributed by atoms with van der Waals surface area (Å²) in [5.74, 6) is -0.591. The van der Waals surface area contributed by atoms with Gasteiger partial charge in [-0.05, 0) is 29.8 Å². The second-order valence-corrected chi connectivity index (χ2v) is 6.81. The highest BCUT2D eigenvalue weighted by molar-refractivity contribution is 6.01. The number of nitrogens with zero attached hydrogens (tertiary/aromatic N) is 2. The van der Waals surface area contributed by atoms with Gasteiger partial charge in [0.05, 0.1) is 17.8 Å². The normalized spacial score (nSPS) is 16.3. The lowest BCUT2D eigenvalue weighted by Crippen LogP contribution is -2.37. The monoisotopic (exact) mass is 408 g/mol. The molecule has 0 aromatic heterocycles. The van der Waals surface area contributed by atoms with E-state index in [4.69, 9.17) is 4.84 Å². The Morgan fingerprint density at radius 1 is 1.21 bits per heavy atom. The van der Waals surface area contributed by atoms with Gasteiger partial charge in [0.25, 0.3) is 0 Å². The Kier molecular flexibility index (Phi) is 6.20. The maximum Gasteiger partial charge on any atom is 0.416 e. The van der Waals surface area contributed by atoms with E-state index >= 15 is 0 Å². The first kappa shape index (κ1) is 20.8. The number of amides is 1. The van der Waals surface area contributed by atoms with Crippen LogP contribution in [-0.2, 0) is 22.4 Å². The molecule has 1 unspecified atom stereocenters. The average Bonchev–Trinajstić information content (AvgIpc) is 3.15. The molecule has 0 N–H and O–H groups in total. The van der Waals surface area contributed by atoms with Crippen molar-refractivity contribution in [2.75, 3.05) is 6.54 Å². The Morgan fingerprint density at radius 3 is 2.66 bits per heavy atom. The minimum Gasteiger partial charge on any atom is -0.390 e. The summed E-state index contributed by atoms with van der Waals surface area (Å²) >= 11 is 0. The molecule has 0 radical (unpaired) electrons. The van der Waals surface area contributed by atoms with Crippen molar-refractivity contribution < 1.29 is 27.2 Å². The highest BCUT2D eigenvalue weighted by Crippen LogP contribution is 2.30. The molecule has 0 aliphatic carbocycles. The molecule has 0 spiro atoms. The number of benzene rings is 2. The molecule has 0 bridgehead atoms. The molecule has 4 nitrogen and oxygen atoms in total. The predicted molar refractivity (Wildman–Crippen MR) is 99.6 cm³/mol. The van der Waals surface area contributed by atoms with Crippen molar-refractivity contribution in [1.82, 2.24) is 4.90 Å². The maximum absolute atomic E-state index is 13.4. The van der Waals surface area contributed by atoms with Gasteiger partial charge in [0.15, 0.2) is 6.10 Å². The van der Waals surface area contributed by atoms with Crippen LogP contribution < -0.4 is 0 Å². The summed E-state index contributed by atoms with van der Waals surface area (Å²) in [6.07, 6.45) is -4.31. The molecule has 3 rings (SSSR count). The Hall–Kier alpha value is -2.90. The minimum absolute atomic E-state index is 0.0335. The van der Waals surface area contributed by atoms with E-state index in [-0.39, 0.29) is 31.2 Å². The second-order valence-electron chi connectivity index (χ2n) is 6.81. The Balaban J connectivity index is 1.69. The van der Waals surface area contributed by atoms with Crippen LogP contribution in [0.25, 0.3) is 0 Å². The smallest absolute Gasteiger partial charge is 0.390 e. The van der Waals surface area contributed by atoms with Crippen molar-refractivity contribution in [1.29, 1.82) is 0 Å². The van der Waals surface area contributed by atoms with Gasteiger partial charge in [-0.25, -0.2) is 4.39 Å². The number of carbonyl (C=O) groups is 1. The van der Waals surface area contributed by atoms with Gasteiger partial charge in [0.1, 0.15) is 5.82 Å². The largest absolute Gasteiger partial charge is 0.416 e. The number of carbonyl (C=O) groups excluding carboxylic acids is 1. The molecule has 154 valence electrons. The van der Waals surface area contributed by atoms with Crippen LogP contribution in [0.2, 0.25) is 0 Å². The molecule has 1 aliphatic rings. The molecule has 2 aromatic carbocycles. The zero-order valence-electron chi connectivity index (χ0n) is 15.7. The van der Waals surface area contributed by atoms with Crippen molar-refractivity contribution in [2.45, 2.75) is 38.6 Å². The van der Waals surface area contributed by atoms with Crippen LogP contribution in [0.15, 0.2) is 53.7 Å². The van der Waals surface area contributed by atoms with Gasteiger partial charge in [-0.3, -0.25) is 4.79 Å². The quantitative estimate of drug-likeness (QED) is 0.646. The van der Waals surface area contributed by atoms with Crippen molar-refractivity contribution in [3.8, 4) is 0 Å². The highest BCUT2D eigenvalue weighted by atomic mass is 19.4. The lowest BCUT2D eigenvalue weighted by molar-refractivity contribution is -0.137. The van der Waals surface area contributed by atoms with Crippen molar-refractivity contribution in [3.05, 3.63) is 71.0 Å². The number of hydrogen-bond acceptors (Lipinski definition) is 3. The zero-order valence-corrected chi connectivity index (χ0v) is 15.7. The van der Waals surface area contributed by atoms with Crippen molar-refractivity contribution in [2.24, 2.45) is 5.16 Å². The van der Waals surface area contributed by atoms with Crippen LogP contribution >= 0.6 is 0 Å². The van der Waals surface area contributed by atoms with Crippen molar-refractivity contribution >= 4 is 11.6 Å². The molecule has 0 fully saturated rings. The van der Waals surface area contributed by atoms with E-state index < -0.39 is 17.8 Å². The fraction of sp³-hybridized carbons (Fsp3) is 0.333. The fourth-order valence-corrected chi connectivity index (χ4v) is 3.16. The van der Waals surface area contributed by atoms with E-state index in [2.05, 4.69) is 5.16 Å². The van der Waals surface area contributed by atoms with Crippen molar-refractivity contribution in [3.63, 3.8) is 0 Å². The van der Waals surface area contributed by atoms with E-state index in [9.17, 15) is 22.4 Å². The Bertz CT molecular complexity index is 912. The third kappa shape index (κ3) is 5.34. The van der Waals surface area contributed by atoms with Gasteiger partial charge in [-0.15, -0.1) is 0 Å². The highest BCUT2D eigenvalue weighted by Gasteiger charge is 2.31. The summed E-state index contributed by atoms with van der Waals surface area (Å²) in [5.41, 5.74) is 0.787. The Labute approximate surface area is 165 Å². The van der Waals surface area contributed by atoms with Gasteiger partial charge >= 0.3 is 6.18 Å². The maximum atomic E-state index is 13.4. The van der Waals surface area contributed by atoms with Crippen LogP contribution in [0.5, 0.6) is 0 Å². The lowest BCUT2D eigenvalue weighted by Gasteiger charge is -2.25. The minimum atomic E-state index is -4.45. The molecule has 0 saturated heterocycles. The van der Waals surface area contributed by atoms with E-state index in [0.717, 1.165) is 12.1 Å². The predicted octanol–water partition coefficient (Wildman–Crippen LogP) is 4.78. The van der Waals surface area contributed by atoms with E-state index in [1.807, 2.05) is 0 Å². The van der Waals surface area contributed by atoms with E-state index in [0.29, 0.717) is 23.3 Å². The number of hydrogen-bond donors (Lipinski definition) is 0. The molecule has 1 atom stereocenters. The molecule has 29 heavy (non-hydrogen) atoms. The number of alkyl halides is 3. The van der Waals surface area contributed by atoms with Crippen LogP contribution in [0.4, 0.5) is 17.6 Å². The molecular formula is C21H20F4N2O2. The average molecular weight is 408 g/mol. The van der Waals surface area contributed by atoms with Gasteiger partial charge in [0, 0.05) is 24.9 Å². The standard InChI is InChI=1S/C21H20F4N2O2/c1-2-20(28)27(12-14-5-3-7-16(9-14)21(23,24)25)13-18-11-19(26-29-18)15-6-4-8-17(22)10-15/h3-10,18H,2,11-13H2,1H3. The molecule has 1 amide bonds. The topological polar surface area (TPSA) is 41.9 Å². The molecule has 0 saturated carbocycles. The summed E-state index contributed by atoms with van der Waals surface area (Å²) in [4.78, 5) is 19.2. The van der Waals surface area contributed by atoms with Crippen LogP contribution in [-0.4, -0.2) is 29.2 Å². The SMILES string of the molecule is CCC(=O)N(Cc1cccc(C(F)(F)F)c1)CC1CC(c2cccc(F)c2)=NO1. The molecular weight excluding hydrogens is 388 g/mol. The summed E-state index contributed by atoms with van der Waals surface area (Å²) in [6.45, 7) is 1.89. The van der Waals surface area contributed by atoms with Gasteiger partial charge in [0.2, 0.25) is 5.91 Å². The van der Waals surface area contributed by atoms with Gasteiger partial charge in [-0.1, -0.05) is 36.3 Å². The molecule has 1 heterocycles. The van der Waals surface area contributed by atoms with Crippen LogP contribution in [0.3, 0.4) is 0 Å². The first-order valence-electron chi connectivity index (χ1n) is 9.18.